The van der Waals surface area contributed by atoms with Gasteiger partial charge in [-0.2, -0.15) is 5.10 Å². The molecule has 7 nitrogen and oxygen atoms in total. The highest BCUT2D eigenvalue weighted by Gasteiger charge is 2.27. The molecular formula is C19H23FN4O3. The summed E-state index contributed by atoms with van der Waals surface area (Å²) in [5.41, 5.74) is 2.19. The first kappa shape index (κ1) is 18.9. The number of piperidine rings is 1. The standard InChI is InChI=1S/C19H23FN4O3/c1-2-3-17-16(12-21-24(17)15-6-4-14(20)5-7-15)22-19(27)23-10-8-13(9-11-23)18(25)26/h4-7,12-13H,2-3,8-11H2,1H3,(H,22,27)(H,25,26). The molecule has 0 aliphatic carbocycles. The van der Waals surface area contributed by atoms with E-state index in [1.54, 1.807) is 27.9 Å². The molecule has 0 saturated carbocycles. The van der Waals surface area contributed by atoms with E-state index in [2.05, 4.69) is 10.4 Å². The summed E-state index contributed by atoms with van der Waals surface area (Å²) >= 11 is 0. The van der Waals surface area contributed by atoms with Crippen molar-refractivity contribution in [2.24, 2.45) is 5.92 Å². The van der Waals surface area contributed by atoms with Crippen molar-refractivity contribution in [1.29, 1.82) is 0 Å². The average molecular weight is 374 g/mol. The number of nitrogens with one attached hydrogen (secondary N) is 1. The molecular weight excluding hydrogens is 351 g/mol. The van der Waals surface area contributed by atoms with Crippen molar-refractivity contribution in [3.63, 3.8) is 0 Å². The molecule has 8 heteroatoms. The maximum absolute atomic E-state index is 13.2. The summed E-state index contributed by atoms with van der Waals surface area (Å²) in [6.45, 7) is 2.86. The largest absolute Gasteiger partial charge is 0.481 e. The normalized spacial score (nSPS) is 15.0. The lowest BCUT2D eigenvalue weighted by Crippen LogP contribution is -2.42. The Kier molecular flexibility index (Phi) is 5.73. The smallest absolute Gasteiger partial charge is 0.321 e. The summed E-state index contributed by atoms with van der Waals surface area (Å²) in [5.74, 6) is -1.51. The van der Waals surface area contributed by atoms with E-state index in [0.717, 1.165) is 17.8 Å². The molecule has 0 spiro atoms. The topological polar surface area (TPSA) is 87.5 Å². The van der Waals surface area contributed by atoms with E-state index >= 15 is 0 Å². The van der Waals surface area contributed by atoms with Crippen LogP contribution in [0, 0.1) is 11.7 Å². The van der Waals surface area contributed by atoms with Gasteiger partial charge in [-0.1, -0.05) is 13.3 Å². The van der Waals surface area contributed by atoms with Crippen LogP contribution in [0.15, 0.2) is 30.5 Å². The quantitative estimate of drug-likeness (QED) is 0.841. The van der Waals surface area contributed by atoms with Gasteiger partial charge in [0.2, 0.25) is 0 Å². The van der Waals surface area contributed by atoms with Gasteiger partial charge in [0.25, 0.3) is 0 Å². The minimum atomic E-state index is -0.805. The first-order valence-electron chi connectivity index (χ1n) is 9.11. The van der Waals surface area contributed by atoms with Crippen LogP contribution in [0.4, 0.5) is 14.9 Å². The average Bonchev–Trinajstić information content (AvgIpc) is 3.05. The zero-order chi connectivity index (χ0) is 19.4. The van der Waals surface area contributed by atoms with Gasteiger partial charge in [0.05, 0.1) is 29.2 Å². The SMILES string of the molecule is CCCc1c(NC(=O)N2CCC(C(=O)O)CC2)cnn1-c1ccc(F)cc1. The predicted molar refractivity (Wildman–Crippen MR) is 98.5 cm³/mol. The van der Waals surface area contributed by atoms with Crippen molar-refractivity contribution in [3.8, 4) is 5.69 Å². The van der Waals surface area contributed by atoms with Crippen LogP contribution in [0.1, 0.15) is 31.9 Å². The van der Waals surface area contributed by atoms with Gasteiger partial charge in [0.15, 0.2) is 0 Å². The Balaban J connectivity index is 1.74. The van der Waals surface area contributed by atoms with E-state index in [1.165, 1.54) is 12.1 Å². The van der Waals surface area contributed by atoms with Crippen molar-refractivity contribution in [2.45, 2.75) is 32.6 Å². The fourth-order valence-corrected chi connectivity index (χ4v) is 3.28. The van der Waals surface area contributed by atoms with Gasteiger partial charge in [0.1, 0.15) is 5.82 Å². The molecule has 0 atom stereocenters. The van der Waals surface area contributed by atoms with Crippen LogP contribution < -0.4 is 5.32 Å². The van der Waals surface area contributed by atoms with Gasteiger partial charge >= 0.3 is 12.0 Å². The van der Waals surface area contributed by atoms with Crippen LogP contribution in [-0.4, -0.2) is 44.9 Å². The summed E-state index contributed by atoms with van der Waals surface area (Å²) in [6, 6.07) is 5.78. The maximum Gasteiger partial charge on any atom is 0.321 e. The Morgan fingerprint density at radius 2 is 1.93 bits per heavy atom. The molecule has 27 heavy (non-hydrogen) atoms. The van der Waals surface area contributed by atoms with E-state index in [4.69, 9.17) is 5.11 Å². The van der Waals surface area contributed by atoms with E-state index in [9.17, 15) is 14.0 Å². The lowest BCUT2D eigenvalue weighted by atomic mass is 9.97. The zero-order valence-electron chi connectivity index (χ0n) is 15.2. The van der Waals surface area contributed by atoms with Gasteiger partial charge in [-0.05, 0) is 43.5 Å². The predicted octanol–water partition coefficient (Wildman–Crippen LogP) is 3.29. The number of likely N-dealkylation sites (tertiary alicyclic amines) is 1. The molecule has 2 aromatic rings. The molecule has 2 N–H and O–H groups in total. The van der Waals surface area contributed by atoms with Crippen LogP contribution in [0.25, 0.3) is 5.69 Å². The third-order valence-electron chi connectivity index (χ3n) is 4.80. The minimum Gasteiger partial charge on any atom is -0.481 e. The van der Waals surface area contributed by atoms with E-state index < -0.39 is 5.97 Å². The Labute approximate surface area is 156 Å². The molecule has 0 radical (unpaired) electrons. The molecule has 1 saturated heterocycles. The number of aromatic nitrogens is 2. The maximum atomic E-state index is 13.2. The second kappa shape index (κ2) is 8.20. The molecule has 2 amide bonds. The number of anilines is 1. The number of carboxylic acids is 1. The monoisotopic (exact) mass is 374 g/mol. The molecule has 144 valence electrons. The first-order chi connectivity index (χ1) is 13.0. The number of halogens is 1. The van der Waals surface area contributed by atoms with Crippen LogP contribution in [0.3, 0.4) is 0 Å². The van der Waals surface area contributed by atoms with Gasteiger partial charge in [0, 0.05) is 13.1 Å². The number of aliphatic carboxylic acids is 1. The third kappa shape index (κ3) is 4.27. The fraction of sp³-hybridized carbons (Fsp3) is 0.421. The number of carboxylic acid groups (broad SMARTS) is 1. The Morgan fingerprint density at radius 3 is 2.52 bits per heavy atom. The lowest BCUT2D eigenvalue weighted by molar-refractivity contribution is -0.143. The second-order valence-electron chi connectivity index (χ2n) is 6.67. The van der Waals surface area contributed by atoms with Crippen LogP contribution in [-0.2, 0) is 11.2 Å². The van der Waals surface area contributed by atoms with Crippen molar-refractivity contribution >= 4 is 17.7 Å². The highest BCUT2D eigenvalue weighted by molar-refractivity contribution is 5.90. The number of benzene rings is 1. The van der Waals surface area contributed by atoms with Gasteiger partial charge < -0.3 is 15.3 Å². The number of carbonyl (C=O) groups is 2. The van der Waals surface area contributed by atoms with Crippen molar-refractivity contribution < 1.29 is 19.1 Å². The molecule has 2 heterocycles. The van der Waals surface area contributed by atoms with Crippen LogP contribution >= 0.6 is 0 Å². The van der Waals surface area contributed by atoms with E-state index in [-0.39, 0.29) is 17.8 Å². The van der Waals surface area contributed by atoms with Crippen LogP contribution in [0.2, 0.25) is 0 Å². The number of urea groups is 1. The summed E-state index contributed by atoms with van der Waals surface area (Å²) in [5, 5.41) is 16.3. The van der Waals surface area contributed by atoms with Crippen molar-refractivity contribution in [3.05, 3.63) is 42.0 Å². The molecule has 1 aliphatic rings. The number of hydrogen-bond acceptors (Lipinski definition) is 3. The Morgan fingerprint density at radius 1 is 1.26 bits per heavy atom. The second-order valence-corrected chi connectivity index (χ2v) is 6.67. The van der Waals surface area contributed by atoms with Gasteiger partial charge in [-0.3, -0.25) is 4.79 Å². The van der Waals surface area contributed by atoms with Gasteiger partial charge in [-0.25, -0.2) is 13.9 Å². The molecule has 0 unspecified atom stereocenters. The summed E-state index contributed by atoms with van der Waals surface area (Å²) in [7, 11) is 0. The number of hydrogen-bond donors (Lipinski definition) is 2. The highest BCUT2D eigenvalue weighted by Crippen LogP contribution is 2.23. The molecule has 1 aromatic heterocycles. The molecule has 1 aromatic carbocycles. The molecule has 3 rings (SSSR count). The molecule has 1 aliphatic heterocycles. The summed E-state index contributed by atoms with van der Waals surface area (Å²) in [6.07, 6.45) is 4.07. The first-order valence-corrected chi connectivity index (χ1v) is 9.11. The van der Waals surface area contributed by atoms with E-state index in [0.29, 0.717) is 38.0 Å². The Hall–Kier alpha value is -2.90. The highest BCUT2D eigenvalue weighted by atomic mass is 19.1. The number of rotatable bonds is 5. The summed E-state index contributed by atoms with van der Waals surface area (Å²) < 4.78 is 14.9. The van der Waals surface area contributed by atoms with Crippen LogP contribution in [0.5, 0.6) is 0 Å². The number of nitrogens with zero attached hydrogens (tertiary/aromatic N) is 3. The van der Waals surface area contributed by atoms with Crippen molar-refractivity contribution in [2.75, 3.05) is 18.4 Å². The Bertz CT molecular complexity index is 811. The van der Waals surface area contributed by atoms with Crippen molar-refractivity contribution in [1.82, 2.24) is 14.7 Å². The van der Waals surface area contributed by atoms with E-state index in [1.807, 2.05) is 6.92 Å². The fourth-order valence-electron chi connectivity index (χ4n) is 3.28. The minimum absolute atomic E-state index is 0.255. The summed E-state index contributed by atoms with van der Waals surface area (Å²) in [4.78, 5) is 25.2. The zero-order valence-corrected chi connectivity index (χ0v) is 15.2. The molecule has 0 bridgehead atoms. The number of amides is 2. The molecule has 1 fully saturated rings. The lowest BCUT2D eigenvalue weighted by Gasteiger charge is -2.30. The third-order valence-corrected chi connectivity index (χ3v) is 4.80. The van der Waals surface area contributed by atoms with Gasteiger partial charge in [-0.15, -0.1) is 0 Å². The number of carbonyl (C=O) groups excluding carboxylic acids is 1.